The third-order valence-electron chi connectivity index (χ3n) is 3.93. The van der Waals surface area contributed by atoms with Crippen LogP contribution < -0.4 is 10.0 Å². The van der Waals surface area contributed by atoms with Crippen molar-refractivity contribution in [3.63, 3.8) is 0 Å². The molecule has 1 aliphatic carbocycles. The molecule has 0 heterocycles. The van der Waals surface area contributed by atoms with Gasteiger partial charge in [-0.15, -0.1) is 6.42 Å². The van der Waals surface area contributed by atoms with Gasteiger partial charge in [-0.05, 0) is 37.1 Å². The summed E-state index contributed by atoms with van der Waals surface area (Å²) in [4.78, 5) is 12.1. The van der Waals surface area contributed by atoms with E-state index in [0.29, 0.717) is 12.1 Å². The Morgan fingerprint density at radius 1 is 1.30 bits per heavy atom. The molecule has 124 valence electrons. The van der Waals surface area contributed by atoms with Crippen molar-refractivity contribution in [3.8, 4) is 12.3 Å². The van der Waals surface area contributed by atoms with E-state index >= 15 is 0 Å². The molecule has 2 atom stereocenters. The van der Waals surface area contributed by atoms with E-state index in [1.165, 1.54) is 24.3 Å². The van der Waals surface area contributed by atoms with Gasteiger partial charge in [-0.25, -0.2) is 8.42 Å². The van der Waals surface area contributed by atoms with Gasteiger partial charge in [0, 0.05) is 18.0 Å². The fourth-order valence-electron chi connectivity index (χ4n) is 2.59. The van der Waals surface area contributed by atoms with Gasteiger partial charge in [0.05, 0.1) is 17.5 Å². The minimum absolute atomic E-state index is 0.0514. The number of hydrogen-bond donors (Lipinski definition) is 3. The third-order valence-corrected chi connectivity index (χ3v) is 5.35. The van der Waals surface area contributed by atoms with Gasteiger partial charge in [-0.2, -0.15) is 4.72 Å². The Morgan fingerprint density at radius 3 is 2.57 bits per heavy atom. The van der Waals surface area contributed by atoms with Gasteiger partial charge in [-0.1, -0.05) is 12.3 Å². The van der Waals surface area contributed by atoms with Gasteiger partial charge in [0.1, 0.15) is 0 Å². The largest absolute Gasteiger partial charge is 0.393 e. The summed E-state index contributed by atoms with van der Waals surface area (Å²) in [6.07, 6.45) is 7.32. The first-order chi connectivity index (χ1) is 10.9. The monoisotopic (exact) mass is 336 g/mol. The first-order valence-corrected chi connectivity index (χ1v) is 8.92. The van der Waals surface area contributed by atoms with Crippen LogP contribution in [0.15, 0.2) is 29.2 Å². The van der Waals surface area contributed by atoms with Crippen LogP contribution in [0.25, 0.3) is 0 Å². The normalized spacial score (nSPS) is 20.9. The van der Waals surface area contributed by atoms with Gasteiger partial charge in [0.2, 0.25) is 10.0 Å². The molecule has 1 amide bonds. The number of amides is 1. The molecule has 2 rings (SSSR count). The second kappa shape index (κ2) is 7.59. The Bertz CT molecular complexity index is 692. The predicted molar refractivity (Wildman–Crippen MR) is 86.1 cm³/mol. The summed E-state index contributed by atoms with van der Waals surface area (Å²) >= 11 is 0. The molecule has 0 bridgehead atoms. The van der Waals surface area contributed by atoms with Crippen LogP contribution in [0.2, 0.25) is 0 Å². The Morgan fingerprint density at radius 2 is 2.00 bits per heavy atom. The molecule has 1 aromatic rings. The van der Waals surface area contributed by atoms with E-state index < -0.39 is 10.0 Å². The molecule has 1 aromatic carbocycles. The van der Waals surface area contributed by atoms with Crippen LogP contribution in [0.3, 0.4) is 0 Å². The van der Waals surface area contributed by atoms with E-state index in [4.69, 9.17) is 6.42 Å². The first-order valence-electron chi connectivity index (χ1n) is 7.43. The number of carbonyl (C=O) groups excluding carboxylic acids is 1. The Hall–Kier alpha value is -1.88. The van der Waals surface area contributed by atoms with Crippen LogP contribution >= 0.6 is 0 Å². The Kier molecular flexibility index (Phi) is 5.77. The van der Waals surface area contributed by atoms with E-state index in [2.05, 4.69) is 16.0 Å². The highest BCUT2D eigenvalue weighted by Crippen LogP contribution is 2.24. The number of sulfonamides is 1. The van der Waals surface area contributed by atoms with Crippen molar-refractivity contribution in [1.29, 1.82) is 0 Å². The van der Waals surface area contributed by atoms with Crippen LogP contribution in [0.5, 0.6) is 0 Å². The molecule has 0 radical (unpaired) electrons. The van der Waals surface area contributed by atoms with E-state index in [-0.39, 0.29) is 29.4 Å². The van der Waals surface area contributed by atoms with Gasteiger partial charge in [0.15, 0.2) is 0 Å². The number of rotatable bonds is 6. The molecule has 0 saturated heterocycles. The second-order valence-electron chi connectivity index (χ2n) is 5.52. The lowest BCUT2D eigenvalue weighted by Crippen LogP contribution is -2.32. The van der Waals surface area contributed by atoms with E-state index in [0.717, 1.165) is 19.3 Å². The van der Waals surface area contributed by atoms with Crippen LogP contribution in [-0.4, -0.2) is 38.6 Å². The fourth-order valence-corrected chi connectivity index (χ4v) is 3.52. The molecule has 7 heteroatoms. The maximum absolute atomic E-state index is 12.1. The minimum Gasteiger partial charge on any atom is -0.393 e. The number of aliphatic hydroxyl groups is 1. The summed E-state index contributed by atoms with van der Waals surface area (Å²) in [5, 5.41) is 12.5. The maximum atomic E-state index is 12.1. The molecule has 0 aromatic heterocycles. The average molecular weight is 336 g/mol. The van der Waals surface area contributed by atoms with Crippen molar-refractivity contribution in [1.82, 2.24) is 10.0 Å². The molecule has 3 N–H and O–H groups in total. The maximum Gasteiger partial charge on any atom is 0.251 e. The molecule has 23 heavy (non-hydrogen) atoms. The van der Waals surface area contributed by atoms with Gasteiger partial charge >= 0.3 is 0 Å². The Balaban J connectivity index is 1.96. The van der Waals surface area contributed by atoms with E-state index in [1.54, 1.807) is 0 Å². The summed E-state index contributed by atoms with van der Waals surface area (Å²) in [7, 11) is -3.65. The van der Waals surface area contributed by atoms with Crippen LogP contribution in [0.4, 0.5) is 0 Å². The van der Waals surface area contributed by atoms with Gasteiger partial charge < -0.3 is 10.4 Å². The van der Waals surface area contributed by atoms with Crippen molar-refractivity contribution in [2.75, 3.05) is 13.1 Å². The topological polar surface area (TPSA) is 95.5 Å². The summed E-state index contributed by atoms with van der Waals surface area (Å²) in [6, 6.07) is 5.62. The molecule has 6 nitrogen and oxygen atoms in total. The molecule has 1 saturated carbocycles. The summed E-state index contributed by atoms with van der Waals surface area (Å²) in [6.45, 7) is 0.331. The summed E-state index contributed by atoms with van der Waals surface area (Å²) < 4.78 is 26.0. The highest BCUT2D eigenvalue weighted by Gasteiger charge is 2.25. The van der Waals surface area contributed by atoms with Crippen LogP contribution in [0, 0.1) is 18.3 Å². The molecule has 0 aliphatic heterocycles. The number of benzene rings is 1. The lowest BCUT2D eigenvalue weighted by atomic mass is 10.1. The average Bonchev–Trinajstić information content (AvgIpc) is 2.96. The van der Waals surface area contributed by atoms with Crippen molar-refractivity contribution in [3.05, 3.63) is 29.8 Å². The van der Waals surface area contributed by atoms with Gasteiger partial charge in [0.25, 0.3) is 5.91 Å². The predicted octanol–water partition coefficient (Wildman–Crippen LogP) is 0.489. The molecular weight excluding hydrogens is 316 g/mol. The lowest BCUT2D eigenvalue weighted by molar-refractivity contribution is 0.0916. The zero-order chi connectivity index (χ0) is 16.9. The second-order valence-corrected chi connectivity index (χ2v) is 7.29. The van der Waals surface area contributed by atoms with Crippen molar-refractivity contribution >= 4 is 15.9 Å². The summed E-state index contributed by atoms with van der Waals surface area (Å²) in [5.74, 6) is 2.00. The number of hydrogen-bond acceptors (Lipinski definition) is 4. The number of carbonyl (C=O) groups is 1. The van der Waals surface area contributed by atoms with Gasteiger partial charge in [-0.3, -0.25) is 4.79 Å². The first kappa shape index (κ1) is 17.5. The van der Waals surface area contributed by atoms with Crippen molar-refractivity contribution in [2.24, 2.45) is 5.92 Å². The van der Waals surface area contributed by atoms with Crippen molar-refractivity contribution < 1.29 is 18.3 Å². The molecule has 1 aliphatic rings. The smallest absolute Gasteiger partial charge is 0.251 e. The highest BCUT2D eigenvalue weighted by atomic mass is 32.2. The SMILES string of the molecule is C#CCNS(=O)(=O)c1ccc(C(=O)NC[C@H]2CCC[C@H]2O)cc1. The van der Waals surface area contributed by atoms with Crippen molar-refractivity contribution in [2.45, 2.75) is 30.3 Å². The zero-order valence-corrected chi connectivity index (χ0v) is 13.5. The third kappa shape index (κ3) is 4.55. The van der Waals surface area contributed by atoms with Crippen LogP contribution in [-0.2, 0) is 10.0 Å². The van der Waals surface area contributed by atoms with Crippen LogP contribution in [0.1, 0.15) is 29.6 Å². The minimum atomic E-state index is -3.65. The quantitative estimate of drug-likeness (QED) is 0.659. The molecule has 0 spiro atoms. The molecule has 0 unspecified atom stereocenters. The zero-order valence-electron chi connectivity index (χ0n) is 12.7. The fraction of sp³-hybridized carbons (Fsp3) is 0.438. The van der Waals surface area contributed by atoms with E-state index in [1.807, 2.05) is 0 Å². The number of nitrogens with one attached hydrogen (secondary N) is 2. The molecular formula is C16H20N2O4S. The summed E-state index contributed by atoms with van der Waals surface area (Å²) in [5.41, 5.74) is 0.369. The number of aliphatic hydroxyl groups excluding tert-OH is 1. The lowest BCUT2D eigenvalue weighted by Gasteiger charge is -2.15. The standard InChI is InChI=1S/C16H20N2O4S/c1-2-10-18-23(21,22)14-8-6-12(7-9-14)16(20)17-11-13-4-3-5-15(13)19/h1,6-9,13,15,18-19H,3-5,10-11H2,(H,17,20)/t13-,15-/m1/s1. The number of terminal acetylenes is 1. The van der Waals surface area contributed by atoms with E-state index in [9.17, 15) is 18.3 Å². The Labute approximate surface area is 136 Å². The highest BCUT2D eigenvalue weighted by molar-refractivity contribution is 7.89. The molecule has 1 fully saturated rings.